The Morgan fingerprint density at radius 2 is 1.88 bits per heavy atom. The molecule has 102 valence electrons. The molecule has 0 aromatic carbocycles. The van der Waals surface area contributed by atoms with Gasteiger partial charge in [0.15, 0.2) is 0 Å². The Balaban J connectivity index is 3.65. The van der Waals surface area contributed by atoms with Crippen LogP contribution in [0.5, 0.6) is 0 Å². The van der Waals surface area contributed by atoms with E-state index in [1.807, 2.05) is 0 Å². The molecule has 0 rings (SSSR count). The molecule has 0 aliphatic heterocycles. The summed E-state index contributed by atoms with van der Waals surface area (Å²) < 4.78 is 4.59. The van der Waals surface area contributed by atoms with E-state index in [1.165, 1.54) is 7.11 Å². The minimum Gasteiger partial charge on any atom is -0.469 e. The zero-order valence-corrected chi connectivity index (χ0v) is 11.8. The van der Waals surface area contributed by atoms with Crippen molar-refractivity contribution in [1.82, 2.24) is 0 Å². The van der Waals surface area contributed by atoms with Crippen LogP contribution in [0.3, 0.4) is 0 Å². The van der Waals surface area contributed by atoms with Crippen LogP contribution in [0.1, 0.15) is 59.3 Å². The number of hydrogen-bond acceptors (Lipinski definition) is 3. The van der Waals surface area contributed by atoms with E-state index >= 15 is 0 Å². The lowest BCUT2D eigenvalue weighted by atomic mass is 9.85. The Hall–Kier alpha value is -0.570. The fraction of sp³-hybridized carbons (Fsp3) is 0.929. The van der Waals surface area contributed by atoms with Crippen molar-refractivity contribution < 1.29 is 14.6 Å². The lowest BCUT2D eigenvalue weighted by molar-refractivity contribution is -0.140. The van der Waals surface area contributed by atoms with Crippen LogP contribution in [0, 0.1) is 11.3 Å². The summed E-state index contributed by atoms with van der Waals surface area (Å²) in [5, 5.41) is 9.29. The van der Waals surface area contributed by atoms with E-state index in [2.05, 4.69) is 25.5 Å². The predicted molar refractivity (Wildman–Crippen MR) is 69.7 cm³/mol. The molecule has 0 spiro atoms. The van der Waals surface area contributed by atoms with Gasteiger partial charge in [-0.05, 0) is 37.0 Å². The van der Waals surface area contributed by atoms with E-state index in [0.29, 0.717) is 17.8 Å². The molecule has 0 aliphatic carbocycles. The van der Waals surface area contributed by atoms with Gasteiger partial charge in [-0.1, -0.05) is 27.2 Å². The van der Waals surface area contributed by atoms with Gasteiger partial charge in [-0.15, -0.1) is 0 Å². The fourth-order valence-electron chi connectivity index (χ4n) is 1.77. The molecule has 0 aromatic rings. The molecule has 0 radical (unpaired) electrons. The first-order chi connectivity index (χ1) is 7.89. The normalized spacial score (nSPS) is 13.5. The second kappa shape index (κ2) is 8.51. The number of methoxy groups -OCH3 is 1. The second-order valence-electron chi connectivity index (χ2n) is 5.97. The van der Waals surface area contributed by atoms with Gasteiger partial charge in [0.2, 0.25) is 0 Å². The molecule has 0 heterocycles. The van der Waals surface area contributed by atoms with E-state index in [0.717, 1.165) is 32.1 Å². The van der Waals surface area contributed by atoms with Crippen LogP contribution in [0.15, 0.2) is 0 Å². The minimum atomic E-state index is -0.139. The first-order valence-corrected chi connectivity index (χ1v) is 6.56. The van der Waals surface area contributed by atoms with Gasteiger partial charge in [0, 0.05) is 13.0 Å². The minimum absolute atomic E-state index is 0.139. The largest absolute Gasteiger partial charge is 0.469 e. The lowest BCUT2D eigenvalue weighted by Gasteiger charge is -2.21. The highest BCUT2D eigenvalue weighted by Gasteiger charge is 2.14. The van der Waals surface area contributed by atoms with E-state index in [9.17, 15) is 9.90 Å². The average Bonchev–Trinajstić information content (AvgIpc) is 2.26. The molecule has 0 aliphatic rings. The van der Waals surface area contributed by atoms with E-state index in [4.69, 9.17) is 0 Å². The number of carbonyl (C=O) groups is 1. The maximum atomic E-state index is 10.9. The number of rotatable bonds is 8. The fourth-order valence-corrected chi connectivity index (χ4v) is 1.77. The summed E-state index contributed by atoms with van der Waals surface area (Å²) in [4.78, 5) is 10.9. The zero-order chi connectivity index (χ0) is 13.3. The summed E-state index contributed by atoms with van der Waals surface area (Å²) in [6, 6.07) is 0. The molecular formula is C14H28O3. The van der Waals surface area contributed by atoms with Gasteiger partial charge in [-0.25, -0.2) is 0 Å². The summed E-state index contributed by atoms with van der Waals surface area (Å²) in [7, 11) is 1.42. The monoisotopic (exact) mass is 244 g/mol. The zero-order valence-electron chi connectivity index (χ0n) is 11.8. The molecule has 0 fully saturated rings. The third-order valence-electron chi connectivity index (χ3n) is 3.03. The molecule has 0 unspecified atom stereocenters. The Kier molecular flexibility index (Phi) is 8.23. The Morgan fingerprint density at radius 3 is 2.35 bits per heavy atom. The van der Waals surface area contributed by atoms with Gasteiger partial charge >= 0.3 is 5.97 Å². The molecule has 17 heavy (non-hydrogen) atoms. The van der Waals surface area contributed by atoms with Crippen molar-refractivity contribution in [3.05, 3.63) is 0 Å². The van der Waals surface area contributed by atoms with Crippen LogP contribution in [0.4, 0.5) is 0 Å². The smallest absolute Gasteiger partial charge is 0.305 e. The van der Waals surface area contributed by atoms with Crippen molar-refractivity contribution in [3.63, 3.8) is 0 Å². The Labute approximate surface area is 106 Å². The molecule has 0 aromatic heterocycles. The standard InChI is InChI=1S/C14H28O3/c1-14(2,3)10-9-12(11-15)7-5-6-8-13(16)17-4/h12,15H,5-11H2,1-4H3/t12-/m0/s1. The van der Waals surface area contributed by atoms with Crippen molar-refractivity contribution >= 4 is 5.97 Å². The van der Waals surface area contributed by atoms with Crippen LogP contribution in [-0.4, -0.2) is 24.8 Å². The predicted octanol–water partition coefficient (Wildman–Crippen LogP) is 3.15. The summed E-state index contributed by atoms with van der Waals surface area (Å²) in [5.74, 6) is 0.243. The molecular weight excluding hydrogens is 216 g/mol. The third-order valence-corrected chi connectivity index (χ3v) is 3.03. The highest BCUT2D eigenvalue weighted by Crippen LogP contribution is 2.25. The van der Waals surface area contributed by atoms with Crippen LogP contribution in [0.2, 0.25) is 0 Å². The van der Waals surface area contributed by atoms with Gasteiger partial charge in [0.05, 0.1) is 7.11 Å². The topological polar surface area (TPSA) is 46.5 Å². The van der Waals surface area contributed by atoms with Gasteiger partial charge in [-0.2, -0.15) is 0 Å². The van der Waals surface area contributed by atoms with Gasteiger partial charge in [0.1, 0.15) is 0 Å². The highest BCUT2D eigenvalue weighted by molar-refractivity contribution is 5.68. The van der Waals surface area contributed by atoms with Crippen LogP contribution < -0.4 is 0 Å². The summed E-state index contributed by atoms with van der Waals surface area (Å²) in [6.07, 6.45) is 5.55. The lowest BCUT2D eigenvalue weighted by Crippen LogP contribution is -2.12. The highest BCUT2D eigenvalue weighted by atomic mass is 16.5. The maximum Gasteiger partial charge on any atom is 0.305 e. The Bertz CT molecular complexity index is 206. The van der Waals surface area contributed by atoms with E-state index in [1.54, 1.807) is 0 Å². The molecule has 1 N–H and O–H groups in total. The maximum absolute atomic E-state index is 10.9. The quantitative estimate of drug-likeness (QED) is 0.527. The first kappa shape index (κ1) is 16.4. The van der Waals surface area contributed by atoms with Crippen molar-refractivity contribution in [3.8, 4) is 0 Å². The van der Waals surface area contributed by atoms with Crippen LogP contribution >= 0.6 is 0 Å². The van der Waals surface area contributed by atoms with Crippen molar-refractivity contribution in [1.29, 1.82) is 0 Å². The van der Waals surface area contributed by atoms with Crippen molar-refractivity contribution in [2.24, 2.45) is 11.3 Å². The molecule has 1 atom stereocenters. The van der Waals surface area contributed by atoms with Gasteiger partial charge in [0.25, 0.3) is 0 Å². The second-order valence-corrected chi connectivity index (χ2v) is 5.97. The molecule has 0 amide bonds. The summed E-state index contributed by atoms with van der Waals surface area (Å²) in [5.41, 5.74) is 0.333. The van der Waals surface area contributed by atoms with Gasteiger partial charge < -0.3 is 9.84 Å². The number of ether oxygens (including phenoxy) is 1. The number of aliphatic hydroxyl groups is 1. The molecule has 3 nitrogen and oxygen atoms in total. The average molecular weight is 244 g/mol. The van der Waals surface area contributed by atoms with Crippen LogP contribution in [0.25, 0.3) is 0 Å². The van der Waals surface area contributed by atoms with Crippen LogP contribution in [-0.2, 0) is 9.53 Å². The molecule has 0 saturated heterocycles. The number of carbonyl (C=O) groups excluding carboxylic acids is 1. The number of esters is 1. The molecule has 3 heteroatoms. The molecule has 0 bridgehead atoms. The third kappa shape index (κ3) is 10.3. The van der Waals surface area contributed by atoms with Crippen molar-refractivity contribution in [2.75, 3.05) is 13.7 Å². The SMILES string of the molecule is COC(=O)CCCC[C@H](CO)CCC(C)(C)C. The molecule has 0 saturated carbocycles. The summed E-state index contributed by atoms with van der Waals surface area (Å²) in [6.45, 7) is 6.92. The number of aliphatic hydroxyl groups excluding tert-OH is 1. The first-order valence-electron chi connectivity index (χ1n) is 6.56. The van der Waals surface area contributed by atoms with E-state index in [-0.39, 0.29) is 12.6 Å². The number of unbranched alkanes of at least 4 members (excludes halogenated alkanes) is 1. The summed E-state index contributed by atoms with van der Waals surface area (Å²) >= 11 is 0. The number of hydrogen-bond donors (Lipinski definition) is 1. The Morgan fingerprint density at radius 1 is 1.24 bits per heavy atom. The van der Waals surface area contributed by atoms with Crippen molar-refractivity contribution in [2.45, 2.75) is 59.3 Å². The van der Waals surface area contributed by atoms with Gasteiger partial charge in [-0.3, -0.25) is 4.79 Å². The van der Waals surface area contributed by atoms with E-state index < -0.39 is 0 Å².